The molecule has 0 saturated carbocycles. The van der Waals surface area contributed by atoms with Crippen molar-refractivity contribution < 1.29 is 18.6 Å². The summed E-state index contributed by atoms with van der Waals surface area (Å²) in [5.74, 6) is -1.20. The maximum Gasteiger partial charge on any atom is 0.193 e. The Morgan fingerprint density at radius 3 is 2.68 bits per heavy atom. The lowest BCUT2D eigenvalue weighted by molar-refractivity contribution is -0.0105. The highest BCUT2D eigenvalue weighted by Gasteiger charge is 2.31. The van der Waals surface area contributed by atoms with Gasteiger partial charge in [-0.05, 0) is 25.0 Å². The Morgan fingerprint density at radius 1 is 1.36 bits per heavy atom. The predicted octanol–water partition coefficient (Wildman–Crippen LogP) is 2.10. The van der Waals surface area contributed by atoms with Crippen molar-refractivity contribution in [2.45, 2.75) is 12.8 Å². The Morgan fingerprint density at radius 2 is 2.05 bits per heavy atom. The number of nitrogens with two attached hydrogens (primary N) is 1. The van der Waals surface area contributed by atoms with Crippen molar-refractivity contribution in [3.05, 3.63) is 29.8 Å². The molecule has 0 unspecified atom stereocenters. The fraction of sp³-hybridized carbons (Fsp3) is 0.500. The van der Waals surface area contributed by atoms with Crippen molar-refractivity contribution in [2.75, 3.05) is 31.7 Å². The molecule has 0 atom stereocenters. The topological polar surface area (TPSA) is 79.9 Å². The Bertz CT molecular complexity index is 523. The summed E-state index contributed by atoms with van der Waals surface area (Å²) in [6.07, 6.45) is 1.38. The van der Waals surface area contributed by atoms with E-state index in [1.165, 1.54) is 0 Å². The number of aliphatic hydroxyl groups is 1. The molecule has 5 nitrogen and oxygen atoms in total. The number of anilines is 1. The number of hydrogen-bond acceptors (Lipinski definition) is 3. The van der Waals surface area contributed by atoms with Crippen LogP contribution in [-0.2, 0) is 4.74 Å². The van der Waals surface area contributed by atoms with Gasteiger partial charge in [-0.1, -0.05) is 0 Å². The number of aliphatic imine (C=N–C) groups is 1. The first kappa shape index (κ1) is 19.0. The van der Waals surface area contributed by atoms with Crippen LogP contribution < -0.4 is 11.1 Å². The fourth-order valence-corrected chi connectivity index (χ4v) is 2.19. The average Bonchev–Trinajstić information content (AvgIpc) is 2.50. The van der Waals surface area contributed by atoms with Crippen LogP contribution in [0.4, 0.5) is 14.5 Å². The Kier molecular flexibility index (Phi) is 7.43. The van der Waals surface area contributed by atoms with Crippen molar-refractivity contribution in [3.8, 4) is 0 Å². The third-order valence-electron chi connectivity index (χ3n) is 3.66. The Labute approximate surface area is 145 Å². The van der Waals surface area contributed by atoms with Gasteiger partial charge in [0.15, 0.2) is 5.96 Å². The van der Waals surface area contributed by atoms with Crippen molar-refractivity contribution in [1.82, 2.24) is 0 Å². The molecule has 1 aromatic carbocycles. The normalized spacial score (nSPS) is 17.7. The second-order valence-electron chi connectivity index (χ2n) is 5.22. The lowest BCUT2D eigenvalue weighted by Gasteiger charge is -2.34. The standard InChI is InChI=1S/C14H19F2N3O2.HI/c15-10-1-2-11(16)12(7-10)19-13(17)18-8-14(9-20)3-5-21-6-4-14;/h1-2,7,20H,3-6,8-9H2,(H3,17,18,19);1H. The molecular weight excluding hydrogens is 407 g/mol. The molecule has 0 radical (unpaired) electrons. The third kappa shape index (κ3) is 5.03. The zero-order valence-electron chi connectivity index (χ0n) is 12.0. The smallest absolute Gasteiger partial charge is 0.193 e. The largest absolute Gasteiger partial charge is 0.396 e. The molecule has 1 aliphatic rings. The highest BCUT2D eigenvalue weighted by atomic mass is 127. The van der Waals surface area contributed by atoms with Gasteiger partial charge in [-0.25, -0.2) is 8.78 Å². The summed E-state index contributed by atoms with van der Waals surface area (Å²) in [5, 5.41) is 12.1. The molecule has 0 aliphatic carbocycles. The van der Waals surface area contributed by atoms with Gasteiger partial charge >= 0.3 is 0 Å². The molecule has 2 rings (SSSR count). The van der Waals surface area contributed by atoms with Crippen LogP contribution in [0.2, 0.25) is 0 Å². The monoisotopic (exact) mass is 427 g/mol. The lowest BCUT2D eigenvalue weighted by Crippen LogP contribution is -2.37. The number of halogens is 3. The van der Waals surface area contributed by atoms with E-state index in [0.717, 1.165) is 18.2 Å². The summed E-state index contributed by atoms with van der Waals surface area (Å²) >= 11 is 0. The van der Waals surface area contributed by atoms with Crippen LogP contribution in [0, 0.1) is 17.0 Å². The quantitative estimate of drug-likeness (QED) is 0.391. The minimum Gasteiger partial charge on any atom is -0.396 e. The molecule has 1 fully saturated rings. The maximum absolute atomic E-state index is 13.5. The summed E-state index contributed by atoms with van der Waals surface area (Å²) in [6, 6.07) is 3.04. The van der Waals surface area contributed by atoms with Crippen molar-refractivity contribution in [1.29, 1.82) is 0 Å². The van der Waals surface area contributed by atoms with Gasteiger partial charge in [-0.15, -0.1) is 24.0 Å². The number of guanidine groups is 1. The maximum atomic E-state index is 13.5. The summed E-state index contributed by atoms with van der Waals surface area (Å²) in [6.45, 7) is 1.44. The molecule has 0 bridgehead atoms. The van der Waals surface area contributed by atoms with E-state index in [1.54, 1.807) is 0 Å². The molecule has 1 aliphatic heterocycles. The van der Waals surface area contributed by atoms with Gasteiger partial charge < -0.3 is 20.9 Å². The summed E-state index contributed by atoms with van der Waals surface area (Å²) in [7, 11) is 0. The van der Waals surface area contributed by atoms with Gasteiger partial charge in [-0.2, -0.15) is 0 Å². The van der Waals surface area contributed by atoms with Crippen LogP contribution in [0.25, 0.3) is 0 Å². The van der Waals surface area contributed by atoms with E-state index in [-0.39, 0.29) is 47.6 Å². The minimum atomic E-state index is -0.613. The Balaban J connectivity index is 0.00000242. The number of rotatable bonds is 4. The van der Waals surface area contributed by atoms with Gasteiger partial charge in [0.25, 0.3) is 0 Å². The second kappa shape index (κ2) is 8.59. The molecule has 124 valence electrons. The van der Waals surface area contributed by atoms with E-state index in [2.05, 4.69) is 10.3 Å². The van der Waals surface area contributed by atoms with Crippen molar-refractivity contribution in [3.63, 3.8) is 0 Å². The van der Waals surface area contributed by atoms with E-state index >= 15 is 0 Å². The molecule has 1 heterocycles. The third-order valence-corrected chi connectivity index (χ3v) is 3.66. The molecule has 22 heavy (non-hydrogen) atoms. The summed E-state index contributed by atoms with van der Waals surface area (Å²) in [5.41, 5.74) is 5.27. The molecule has 4 N–H and O–H groups in total. The summed E-state index contributed by atoms with van der Waals surface area (Å²) < 4.78 is 31.8. The van der Waals surface area contributed by atoms with Crippen LogP contribution >= 0.6 is 24.0 Å². The first-order chi connectivity index (χ1) is 10.0. The molecular formula is C14H20F2IN3O2. The second-order valence-corrected chi connectivity index (χ2v) is 5.22. The number of aliphatic hydroxyl groups excluding tert-OH is 1. The molecule has 0 aromatic heterocycles. The predicted molar refractivity (Wildman–Crippen MR) is 91.5 cm³/mol. The number of hydrogen-bond donors (Lipinski definition) is 3. The van der Waals surface area contributed by atoms with Crippen LogP contribution in [0.3, 0.4) is 0 Å². The van der Waals surface area contributed by atoms with Crippen molar-refractivity contribution in [2.24, 2.45) is 16.1 Å². The summed E-state index contributed by atoms with van der Waals surface area (Å²) in [4.78, 5) is 4.14. The van der Waals surface area contributed by atoms with Gasteiger partial charge in [0.05, 0.1) is 18.8 Å². The van der Waals surface area contributed by atoms with Gasteiger partial charge in [0, 0.05) is 24.7 Å². The zero-order chi connectivity index (χ0) is 15.3. The number of ether oxygens (including phenoxy) is 1. The van der Waals surface area contributed by atoms with E-state index in [0.29, 0.717) is 32.6 Å². The molecule has 1 aromatic rings. The van der Waals surface area contributed by atoms with Crippen LogP contribution in [-0.4, -0.2) is 37.4 Å². The van der Waals surface area contributed by atoms with Gasteiger partial charge in [0.1, 0.15) is 11.6 Å². The van der Waals surface area contributed by atoms with E-state index < -0.39 is 11.6 Å². The van der Waals surface area contributed by atoms with Gasteiger partial charge in [0.2, 0.25) is 0 Å². The van der Waals surface area contributed by atoms with Crippen LogP contribution in [0.15, 0.2) is 23.2 Å². The fourth-order valence-electron chi connectivity index (χ4n) is 2.19. The zero-order valence-corrected chi connectivity index (χ0v) is 14.3. The van der Waals surface area contributed by atoms with Crippen molar-refractivity contribution >= 4 is 35.6 Å². The first-order valence-electron chi connectivity index (χ1n) is 6.75. The molecule has 0 amide bonds. The molecule has 8 heteroatoms. The molecule has 0 spiro atoms. The van der Waals surface area contributed by atoms with E-state index in [9.17, 15) is 13.9 Å². The SMILES string of the molecule is I.NC(=NCC1(CO)CCOCC1)Nc1cc(F)ccc1F. The van der Waals surface area contributed by atoms with Crippen LogP contribution in [0.1, 0.15) is 12.8 Å². The van der Waals surface area contributed by atoms with Crippen LogP contribution in [0.5, 0.6) is 0 Å². The Hall–Kier alpha value is -1.00. The molecule has 1 saturated heterocycles. The first-order valence-corrected chi connectivity index (χ1v) is 6.75. The average molecular weight is 427 g/mol. The highest BCUT2D eigenvalue weighted by Crippen LogP contribution is 2.30. The number of benzene rings is 1. The van der Waals surface area contributed by atoms with Gasteiger partial charge in [-0.3, -0.25) is 4.99 Å². The number of nitrogens with one attached hydrogen (secondary N) is 1. The van der Waals surface area contributed by atoms with E-state index in [4.69, 9.17) is 10.5 Å². The van der Waals surface area contributed by atoms with E-state index in [1.807, 2.05) is 0 Å². The number of nitrogens with zero attached hydrogens (tertiary/aromatic N) is 1. The lowest BCUT2D eigenvalue weighted by atomic mass is 9.81. The minimum absolute atomic E-state index is 0. The highest BCUT2D eigenvalue weighted by molar-refractivity contribution is 14.0.